The Morgan fingerprint density at radius 2 is 1.35 bits per heavy atom. The maximum atomic E-state index is 8.94. The predicted molar refractivity (Wildman–Crippen MR) is 70.4 cm³/mol. The van der Waals surface area contributed by atoms with Crippen molar-refractivity contribution in [3.8, 4) is 11.5 Å². The van der Waals surface area contributed by atoms with Gasteiger partial charge in [0.1, 0.15) is 11.5 Å². The van der Waals surface area contributed by atoms with E-state index >= 15 is 0 Å². The molecule has 2 aromatic rings. The quantitative estimate of drug-likeness (QED) is 0.724. The second-order valence-electron chi connectivity index (χ2n) is 4.06. The predicted octanol–water partition coefficient (Wildman–Crippen LogP) is 3.71. The van der Waals surface area contributed by atoms with Gasteiger partial charge < -0.3 is 10.2 Å². The molecule has 0 aliphatic heterocycles. The third-order valence-corrected chi connectivity index (χ3v) is 2.61. The summed E-state index contributed by atoms with van der Waals surface area (Å²) in [6, 6.07) is 12.6. The molecule has 17 heavy (non-hydrogen) atoms. The topological polar surface area (TPSA) is 40.5 Å². The van der Waals surface area contributed by atoms with Crippen molar-refractivity contribution in [2.45, 2.75) is 20.8 Å². The molecule has 0 aliphatic rings. The number of benzene rings is 2. The van der Waals surface area contributed by atoms with E-state index in [0.29, 0.717) is 11.5 Å². The van der Waals surface area contributed by atoms with Gasteiger partial charge in [-0.15, -0.1) is 0 Å². The number of para-hydroxylation sites is 1. The van der Waals surface area contributed by atoms with Gasteiger partial charge in [0.2, 0.25) is 0 Å². The van der Waals surface area contributed by atoms with Crippen molar-refractivity contribution in [3.63, 3.8) is 0 Å². The van der Waals surface area contributed by atoms with E-state index in [9.17, 15) is 0 Å². The first-order valence-corrected chi connectivity index (χ1v) is 5.51. The highest BCUT2D eigenvalue weighted by Gasteiger charge is 1.91. The summed E-state index contributed by atoms with van der Waals surface area (Å²) in [5.41, 5.74) is 3.27. The van der Waals surface area contributed by atoms with Crippen LogP contribution in [0.25, 0.3) is 0 Å². The Morgan fingerprint density at radius 1 is 0.706 bits per heavy atom. The van der Waals surface area contributed by atoms with Gasteiger partial charge in [0.15, 0.2) is 0 Å². The SMILES string of the molecule is Cc1ccc(O)cc1C.Cc1ccccc1O. The zero-order chi connectivity index (χ0) is 12.8. The molecule has 0 bridgehead atoms. The molecule has 0 saturated carbocycles. The maximum absolute atomic E-state index is 8.94. The first kappa shape index (κ1) is 13.1. The average molecular weight is 230 g/mol. The Hall–Kier alpha value is -1.96. The lowest BCUT2D eigenvalue weighted by atomic mass is 10.1. The fourth-order valence-electron chi connectivity index (χ4n) is 1.29. The summed E-state index contributed by atoms with van der Waals surface area (Å²) in [5, 5.41) is 17.9. The first-order valence-electron chi connectivity index (χ1n) is 5.51. The van der Waals surface area contributed by atoms with Gasteiger partial charge in [-0.2, -0.15) is 0 Å². The highest BCUT2D eigenvalue weighted by molar-refractivity contribution is 5.32. The summed E-state index contributed by atoms with van der Waals surface area (Å²) in [7, 11) is 0. The normalized spacial score (nSPS) is 9.35. The lowest BCUT2D eigenvalue weighted by Crippen LogP contribution is -1.76. The van der Waals surface area contributed by atoms with Crippen molar-refractivity contribution in [1.29, 1.82) is 0 Å². The van der Waals surface area contributed by atoms with Crippen LogP contribution >= 0.6 is 0 Å². The molecule has 0 radical (unpaired) electrons. The van der Waals surface area contributed by atoms with Crippen LogP contribution in [0.2, 0.25) is 0 Å². The Bertz CT molecular complexity index is 469. The van der Waals surface area contributed by atoms with E-state index in [1.54, 1.807) is 18.2 Å². The van der Waals surface area contributed by atoms with Crippen LogP contribution in [0.1, 0.15) is 16.7 Å². The standard InChI is InChI=1S/C8H10O.C7H8O/c1-6-3-4-8(9)5-7(6)2;1-6-4-2-3-5-7(6)8/h3-5,9H,1-2H3;2-5,8H,1H3. The zero-order valence-corrected chi connectivity index (χ0v) is 10.4. The van der Waals surface area contributed by atoms with Gasteiger partial charge >= 0.3 is 0 Å². The summed E-state index contributed by atoms with van der Waals surface area (Å²) in [4.78, 5) is 0. The second-order valence-corrected chi connectivity index (χ2v) is 4.06. The molecule has 2 N–H and O–H groups in total. The van der Waals surface area contributed by atoms with Gasteiger partial charge in [-0.1, -0.05) is 24.3 Å². The van der Waals surface area contributed by atoms with E-state index in [1.165, 1.54) is 5.56 Å². The Labute approximate surface area is 102 Å². The molecular weight excluding hydrogens is 212 g/mol. The number of hydrogen-bond donors (Lipinski definition) is 2. The third kappa shape index (κ3) is 4.19. The lowest BCUT2D eigenvalue weighted by Gasteiger charge is -1.97. The molecule has 0 atom stereocenters. The monoisotopic (exact) mass is 230 g/mol. The Balaban J connectivity index is 0.000000171. The van der Waals surface area contributed by atoms with Gasteiger partial charge in [-0.3, -0.25) is 0 Å². The summed E-state index contributed by atoms with van der Waals surface area (Å²) in [5.74, 6) is 0.714. The first-order chi connectivity index (χ1) is 8.00. The molecule has 0 spiro atoms. The van der Waals surface area contributed by atoms with Gasteiger partial charge in [0.25, 0.3) is 0 Å². The van der Waals surface area contributed by atoms with Crippen molar-refractivity contribution >= 4 is 0 Å². The maximum Gasteiger partial charge on any atom is 0.118 e. The van der Waals surface area contributed by atoms with Crippen LogP contribution in [0.3, 0.4) is 0 Å². The van der Waals surface area contributed by atoms with Crippen molar-refractivity contribution in [1.82, 2.24) is 0 Å². The van der Waals surface area contributed by atoms with Gasteiger partial charge in [0.05, 0.1) is 0 Å². The molecule has 0 heterocycles. The molecule has 0 saturated heterocycles. The summed E-state index contributed by atoms with van der Waals surface area (Å²) in [6.07, 6.45) is 0. The minimum atomic E-state index is 0.345. The van der Waals surface area contributed by atoms with E-state index in [-0.39, 0.29) is 0 Å². The van der Waals surface area contributed by atoms with E-state index in [2.05, 4.69) is 0 Å². The van der Waals surface area contributed by atoms with Crippen LogP contribution in [0.15, 0.2) is 42.5 Å². The molecule has 2 heteroatoms. The van der Waals surface area contributed by atoms with Crippen molar-refractivity contribution < 1.29 is 10.2 Å². The third-order valence-electron chi connectivity index (χ3n) is 2.61. The van der Waals surface area contributed by atoms with E-state index in [1.807, 2.05) is 45.0 Å². The minimum absolute atomic E-state index is 0.345. The van der Waals surface area contributed by atoms with E-state index in [0.717, 1.165) is 11.1 Å². The fourth-order valence-corrected chi connectivity index (χ4v) is 1.29. The Morgan fingerprint density at radius 3 is 1.76 bits per heavy atom. The van der Waals surface area contributed by atoms with Crippen LogP contribution in [0.5, 0.6) is 11.5 Å². The highest BCUT2D eigenvalue weighted by atomic mass is 16.3. The highest BCUT2D eigenvalue weighted by Crippen LogP contribution is 2.13. The van der Waals surface area contributed by atoms with E-state index in [4.69, 9.17) is 10.2 Å². The number of rotatable bonds is 0. The summed E-state index contributed by atoms with van der Waals surface area (Å²) >= 11 is 0. The lowest BCUT2D eigenvalue weighted by molar-refractivity contribution is 0.471. The zero-order valence-electron chi connectivity index (χ0n) is 10.4. The van der Waals surface area contributed by atoms with Gasteiger partial charge in [-0.05, 0) is 55.7 Å². The van der Waals surface area contributed by atoms with E-state index < -0.39 is 0 Å². The largest absolute Gasteiger partial charge is 0.508 e. The van der Waals surface area contributed by atoms with Gasteiger partial charge in [0, 0.05) is 0 Å². The minimum Gasteiger partial charge on any atom is -0.508 e. The number of phenolic OH excluding ortho intramolecular Hbond substituents is 2. The van der Waals surface area contributed by atoms with Gasteiger partial charge in [-0.25, -0.2) is 0 Å². The molecule has 0 aliphatic carbocycles. The molecule has 0 unspecified atom stereocenters. The molecular formula is C15H18O2. The van der Waals surface area contributed by atoms with Crippen LogP contribution < -0.4 is 0 Å². The molecule has 2 rings (SSSR count). The molecule has 0 fully saturated rings. The smallest absolute Gasteiger partial charge is 0.118 e. The van der Waals surface area contributed by atoms with Crippen molar-refractivity contribution in [2.24, 2.45) is 0 Å². The number of aromatic hydroxyl groups is 2. The Kier molecular flexibility index (Phi) is 4.58. The number of phenols is 2. The van der Waals surface area contributed by atoms with Crippen molar-refractivity contribution in [2.75, 3.05) is 0 Å². The van der Waals surface area contributed by atoms with Crippen LogP contribution in [-0.4, -0.2) is 10.2 Å². The number of aryl methyl sites for hydroxylation is 3. The van der Waals surface area contributed by atoms with Crippen LogP contribution in [0, 0.1) is 20.8 Å². The molecule has 2 aromatic carbocycles. The average Bonchev–Trinajstić information content (AvgIpc) is 2.29. The summed E-state index contributed by atoms with van der Waals surface area (Å²) in [6.45, 7) is 5.87. The second kappa shape index (κ2) is 5.94. The number of hydrogen-bond acceptors (Lipinski definition) is 2. The summed E-state index contributed by atoms with van der Waals surface area (Å²) < 4.78 is 0. The fraction of sp³-hybridized carbons (Fsp3) is 0.200. The molecule has 0 amide bonds. The van der Waals surface area contributed by atoms with Crippen LogP contribution in [0.4, 0.5) is 0 Å². The van der Waals surface area contributed by atoms with Crippen molar-refractivity contribution in [3.05, 3.63) is 59.2 Å². The molecule has 2 nitrogen and oxygen atoms in total. The molecule has 0 aromatic heterocycles. The molecule has 90 valence electrons. The van der Waals surface area contributed by atoms with Crippen LogP contribution in [-0.2, 0) is 0 Å².